The van der Waals surface area contributed by atoms with E-state index >= 15 is 0 Å². The monoisotopic (exact) mass is 444 g/mol. The van der Waals surface area contributed by atoms with Gasteiger partial charge in [0.2, 0.25) is 5.91 Å². The minimum Gasteiger partial charge on any atom is -0.497 e. The molecule has 1 heterocycles. The van der Waals surface area contributed by atoms with Crippen LogP contribution in [0.1, 0.15) is 16.7 Å². The molecule has 0 aliphatic carbocycles. The Morgan fingerprint density at radius 1 is 1.06 bits per heavy atom. The largest absolute Gasteiger partial charge is 0.497 e. The third kappa shape index (κ3) is 4.86. The van der Waals surface area contributed by atoms with Gasteiger partial charge in [-0.3, -0.25) is 9.59 Å². The Bertz CT molecular complexity index is 1190. The molecule has 1 aliphatic heterocycles. The highest BCUT2D eigenvalue weighted by Gasteiger charge is 2.29. The molecule has 1 aliphatic rings. The Morgan fingerprint density at radius 3 is 2.66 bits per heavy atom. The van der Waals surface area contributed by atoms with Crippen LogP contribution < -0.4 is 15.0 Å². The van der Waals surface area contributed by atoms with Gasteiger partial charge in [0.25, 0.3) is 5.91 Å². The van der Waals surface area contributed by atoms with Crippen molar-refractivity contribution in [3.63, 3.8) is 0 Å². The van der Waals surface area contributed by atoms with Crippen molar-refractivity contribution in [2.45, 2.75) is 24.9 Å². The molecule has 0 fully saturated rings. The van der Waals surface area contributed by atoms with Gasteiger partial charge in [-0.1, -0.05) is 60.3 Å². The number of nitrogens with zero attached hydrogens (tertiary/aromatic N) is 1. The first-order valence-electron chi connectivity index (χ1n) is 10.3. The van der Waals surface area contributed by atoms with Crippen molar-refractivity contribution in [1.29, 1.82) is 0 Å². The summed E-state index contributed by atoms with van der Waals surface area (Å²) in [5, 5.41) is 2.90. The number of benzene rings is 3. The molecule has 0 bridgehead atoms. The zero-order valence-corrected chi connectivity index (χ0v) is 18.8. The summed E-state index contributed by atoms with van der Waals surface area (Å²) in [6.07, 6.45) is 1.40. The lowest BCUT2D eigenvalue weighted by Gasteiger charge is -2.30. The van der Waals surface area contributed by atoms with Crippen LogP contribution in [0.4, 0.5) is 5.69 Å². The number of carbonyl (C=O) groups excluding carboxylic acids is 2. The van der Waals surface area contributed by atoms with Crippen molar-refractivity contribution in [2.24, 2.45) is 0 Å². The van der Waals surface area contributed by atoms with Crippen LogP contribution in [0, 0.1) is 6.92 Å². The van der Waals surface area contributed by atoms with Gasteiger partial charge >= 0.3 is 0 Å². The summed E-state index contributed by atoms with van der Waals surface area (Å²) in [5.41, 5.74) is 3.94. The number of methoxy groups -OCH3 is 1. The zero-order chi connectivity index (χ0) is 22.5. The summed E-state index contributed by atoms with van der Waals surface area (Å²) in [6, 6.07) is 23.3. The van der Waals surface area contributed by atoms with Crippen molar-refractivity contribution < 1.29 is 14.3 Å². The van der Waals surface area contributed by atoms with E-state index in [0.717, 1.165) is 33.0 Å². The number of carbonyl (C=O) groups is 2. The van der Waals surface area contributed by atoms with Crippen LogP contribution >= 0.6 is 11.8 Å². The average Bonchev–Trinajstić information content (AvgIpc) is 2.81. The summed E-state index contributed by atoms with van der Waals surface area (Å²) in [6.45, 7) is 2.81. The summed E-state index contributed by atoms with van der Waals surface area (Å²) < 4.78 is 5.31. The lowest BCUT2D eigenvalue weighted by molar-refractivity contribution is -0.118. The predicted molar refractivity (Wildman–Crippen MR) is 128 cm³/mol. The maximum absolute atomic E-state index is 13.3. The molecule has 4 rings (SSSR count). The van der Waals surface area contributed by atoms with Gasteiger partial charge in [0.1, 0.15) is 5.75 Å². The topological polar surface area (TPSA) is 58.6 Å². The third-order valence-corrected chi connectivity index (χ3v) is 6.36. The molecule has 0 radical (unpaired) electrons. The number of nitrogens with one attached hydrogen (secondary N) is 1. The first kappa shape index (κ1) is 21.7. The maximum Gasteiger partial charge on any atom is 0.265 e. The van der Waals surface area contributed by atoms with Crippen LogP contribution in [-0.4, -0.2) is 18.9 Å². The van der Waals surface area contributed by atoms with E-state index in [9.17, 15) is 9.59 Å². The second-order valence-corrected chi connectivity index (χ2v) is 8.55. The van der Waals surface area contributed by atoms with Gasteiger partial charge in [0.15, 0.2) is 0 Å². The molecule has 0 spiro atoms. The quantitative estimate of drug-likeness (QED) is 0.553. The van der Waals surface area contributed by atoms with E-state index in [-0.39, 0.29) is 11.8 Å². The Kier molecular flexibility index (Phi) is 6.61. The number of rotatable bonds is 6. The summed E-state index contributed by atoms with van der Waals surface area (Å²) in [4.78, 5) is 29.0. The number of aryl methyl sites for hydroxylation is 1. The van der Waals surface area contributed by atoms with Crippen molar-refractivity contribution >= 4 is 29.3 Å². The van der Waals surface area contributed by atoms with Gasteiger partial charge in [-0.2, -0.15) is 0 Å². The fourth-order valence-electron chi connectivity index (χ4n) is 3.53. The molecule has 0 unspecified atom stereocenters. The summed E-state index contributed by atoms with van der Waals surface area (Å²) in [5.74, 6) is 0.258. The highest BCUT2D eigenvalue weighted by Crippen LogP contribution is 2.41. The SMILES string of the molecule is COc1cccc(CN2C(=O)/C(=C\C(=O)NCc3ccccc3C)Sc3ccccc32)c1. The van der Waals surface area contributed by atoms with Crippen molar-refractivity contribution in [3.8, 4) is 5.75 Å². The van der Waals surface area contributed by atoms with Crippen LogP contribution in [0.3, 0.4) is 0 Å². The second kappa shape index (κ2) is 9.75. The van der Waals surface area contributed by atoms with Gasteiger partial charge in [0.05, 0.1) is 24.2 Å². The number of hydrogen-bond donors (Lipinski definition) is 1. The maximum atomic E-state index is 13.3. The number of fused-ring (bicyclic) bond motifs is 1. The lowest BCUT2D eigenvalue weighted by Crippen LogP contribution is -2.34. The van der Waals surface area contributed by atoms with Crippen LogP contribution in [0.15, 0.2) is 88.7 Å². The normalized spacial score (nSPS) is 14.2. The first-order chi connectivity index (χ1) is 15.5. The Balaban J connectivity index is 1.56. The summed E-state index contributed by atoms with van der Waals surface area (Å²) >= 11 is 1.32. The van der Waals surface area contributed by atoms with Crippen molar-refractivity contribution in [2.75, 3.05) is 12.0 Å². The molecule has 32 heavy (non-hydrogen) atoms. The van der Waals surface area contributed by atoms with Gasteiger partial charge in [-0.25, -0.2) is 0 Å². The van der Waals surface area contributed by atoms with E-state index in [1.807, 2.05) is 79.7 Å². The number of para-hydroxylation sites is 1. The van der Waals surface area contributed by atoms with Crippen LogP contribution in [-0.2, 0) is 22.7 Å². The van der Waals surface area contributed by atoms with E-state index in [4.69, 9.17) is 4.74 Å². The Labute approximate surface area is 192 Å². The van der Waals surface area contributed by atoms with Gasteiger partial charge in [-0.15, -0.1) is 0 Å². The number of thioether (sulfide) groups is 1. The fourth-order valence-corrected chi connectivity index (χ4v) is 4.56. The molecule has 0 atom stereocenters. The molecular weight excluding hydrogens is 420 g/mol. The molecular formula is C26H24N2O3S. The van der Waals surface area contributed by atoms with Gasteiger partial charge < -0.3 is 15.0 Å². The van der Waals surface area contributed by atoms with Crippen LogP contribution in [0.25, 0.3) is 0 Å². The van der Waals surface area contributed by atoms with E-state index in [1.54, 1.807) is 12.0 Å². The average molecular weight is 445 g/mol. The highest BCUT2D eigenvalue weighted by atomic mass is 32.2. The molecule has 2 amide bonds. The van der Waals surface area contributed by atoms with Crippen molar-refractivity contribution in [3.05, 3.63) is 100 Å². The fraction of sp³-hybridized carbons (Fsp3) is 0.154. The number of ether oxygens (including phenoxy) is 1. The second-order valence-electron chi connectivity index (χ2n) is 7.47. The van der Waals surface area contributed by atoms with E-state index in [1.165, 1.54) is 17.8 Å². The van der Waals surface area contributed by atoms with E-state index < -0.39 is 0 Å². The molecule has 3 aromatic rings. The number of hydrogen-bond acceptors (Lipinski definition) is 4. The molecule has 3 aromatic carbocycles. The van der Waals surface area contributed by atoms with Crippen molar-refractivity contribution in [1.82, 2.24) is 5.32 Å². The number of anilines is 1. The molecule has 1 N–H and O–H groups in total. The molecule has 0 aromatic heterocycles. The molecule has 5 nitrogen and oxygen atoms in total. The van der Waals surface area contributed by atoms with Gasteiger partial charge in [0, 0.05) is 17.5 Å². The number of amides is 2. The predicted octanol–water partition coefficient (Wildman–Crippen LogP) is 4.84. The van der Waals surface area contributed by atoms with Crippen LogP contribution in [0.5, 0.6) is 5.75 Å². The van der Waals surface area contributed by atoms with Gasteiger partial charge in [-0.05, 0) is 47.9 Å². The highest BCUT2D eigenvalue weighted by molar-refractivity contribution is 8.04. The standard InChI is InChI=1S/C26H24N2O3S/c1-18-8-3-4-10-20(18)16-27-25(29)15-24-26(30)28(22-12-5-6-13-23(22)32-24)17-19-9-7-11-21(14-19)31-2/h3-15H,16-17H2,1-2H3,(H,27,29)/b24-15+. The Morgan fingerprint density at radius 2 is 1.84 bits per heavy atom. The molecule has 6 heteroatoms. The zero-order valence-electron chi connectivity index (χ0n) is 18.0. The first-order valence-corrected chi connectivity index (χ1v) is 11.1. The lowest BCUT2D eigenvalue weighted by atomic mass is 10.1. The van der Waals surface area contributed by atoms with E-state index in [0.29, 0.717) is 18.0 Å². The summed E-state index contributed by atoms with van der Waals surface area (Å²) in [7, 11) is 1.62. The van der Waals surface area contributed by atoms with Crippen LogP contribution in [0.2, 0.25) is 0 Å². The molecule has 162 valence electrons. The minimum atomic E-state index is -0.287. The Hall–Kier alpha value is -3.51. The minimum absolute atomic E-state index is 0.192. The molecule has 0 saturated heterocycles. The van der Waals surface area contributed by atoms with E-state index in [2.05, 4.69) is 5.32 Å². The molecule has 0 saturated carbocycles. The third-order valence-electron chi connectivity index (χ3n) is 5.28. The smallest absolute Gasteiger partial charge is 0.265 e.